The Morgan fingerprint density at radius 1 is 1.69 bits per heavy atom. The van der Waals surface area contributed by atoms with Crippen molar-refractivity contribution < 1.29 is 13.6 Å². The number of halogens is 2. The Bertz CT molecular complexity index is 315. The van der Waals surface area contributed by atoms with Crippen LogP contribution in [0.4, 0.5) is 8.78 Å². The largest absolute Gasteiger partial charge is 0.667 e. The van der Waals surface area contributed by atoms with Crippen molar-refractivity contribution in [3.8, 4) is 6.07 Å². The van der Waals surface area contributed by atoms with Gasteiger partial charge in [0.25, 0.3) is 0 Å². The summed E-state index contributed by atoms with van der Waals surface area (Å²) in [6.07, 6.45) is 0.461. The Hall–Kier alpha value is -1.22. The molecule has 16 heavy (non-hydrogen) atoms. The van der Waals surface area contributed by atoms with E-state index >= 15 is 0 Å². The summed E-state index contributed by atoms with van der Waals surface area (Å²) in [4.78, 5) is 11.4. The first-order valence-electron chi connectivity index (χ1n) is 5.10. The van der Waals surface area contributed by atoms with Crippen LogP contribution in [0.3, 0.4) is 0 Å². The molecule has 1 atom stereocenters. The summed E-state index contributed by atoms with van der Waals surface area (Å²) in [5, 5.41) is 11.1. The molecule has 1 saturated carbocycles. The molecule has 4 nitrogen and oxygen atoms in total. The molecule has 1 fully saturated rings. The lowest BCUT2D eigenvalue weighted by molar-refractivity contribution is -0.122. The van der Waals surface area contributed by atoms with Gasteiger partial charge in [-0.1, -0.05) is 12.5 Å². The Morgan fingerprint density at radius 2 is 2.25 bits per heavy atom. The van der Waals surface area contributed by atoms with Crippen LogP contribution in [-0.2, 0) is 4.79 Å². The van der Waals surface area contributed by atoms with Crippen molar-refractivity contribution in [2.75, 3.05) is 0 Å². The number of hydrogen-bond acceptors (Lipinski definition) is 2. The summed E-state index contributed by atoms with van der Waals surface area (Å²) in [6.45, 7) is 0.759. The smallest absolute Gasteiger partial charge is 0.245 e. The normalized spacial score (nSPS) is 19.7. The van der Waals surface area contributed by atoms with Gasteiger partial charge in [-0.3, -0.25) is 4.79 Å². The van der Waals surface area contributed by atoms with Crippen LogP contribution in [0.1, 0.15) is 32.6 Å². The van der Waals surface area contributed by atoms with E-state index in [4.69, 9.17) is 11.0 Å². The standard InChI is InChI=1S/C10H14F2N3O/c1-9(11,12)3-2-7(14)8(16)15-10(6-13)4-5-10/h7,14H,2-5H2,1H3,(H,15,16)/q-1/t7-/m0/s1. The Morgan fingerprint density at radius 3 is 2.62 bits per heavy atom. The summed E-state index contributed by atoms with van der Waals surface area (Å²) in [7, 11) is 0. The lowest BCUT2D eigenvalue weighted by Crippen LogP contribution is -2.41. The second-order valence-corrected chi connectivity index (χ2v) is 4.34. The summed E-state index contributed by atoms with van der Waals surface area (Å²) in [5.41, 5.74) is 6.56. The summed E-state index contributed by atoms with van der Waals surface area (Å²) < 4.78 is 25.0. The van der Waals surface area contributed by atoms with E-state index in [1.54, 1.807) is 0 Å². The lowest BCUT2D eigenvalue weighted by atomic mass is 10.1. The Kier molecular flexibility index (Phi) is 3.48. The van der Waals surface area contributed by atoms with Gasteiger partial charge in [-0.2, -0.15) is 5.26 Å². The van der Waals surface area contributed by atoms with Gasteiger partial charge in [0.05, 0.1) is 6.07 Å². The fourth-order valence-electron chi connectivity index (χ4n) is 1.24. The van der Waals surface area contributed by atoms with Crippen LogP contribution in [0.5, 0.6) is 0 Å². The number of carbonyl (C=O) groups is 1. The molecule has 0 saturated heterocycles. The zero-order valence-electron chi connectivity index (χ0n) is 9.02. The van der Waals surface area contributed by atoms with E-state index < -0.39 is 29.8 Å². The summed E-state index contributed by atoms with van der Waals surface area (Å²) in [6, 6.07) is 0.722. The van der Waals surface area contributed by atoms with E-state index in [-0.39, 0.29) is 6.42 Å². The minimum absolute atomic E-state index is 0.198. The molecule has 1 rings (SSSR count). The average Bonchev–Trinajstić information content (AvgIpc) is 2.93. The zero-order valence-corrected chi connectivity index (χ0v) is 9.02. The van der Waals surface area contributed by atoms with Crippen LogP contribution in [0.15, 0.2) is 0 Å². The molecule has 6 heteroatoms. The van der Waals surface area contributed by atoms with Gasteiger partial charge >= 0.3 is 0 Å². The van der Waals surface area contributed by atoms with E-state index in [0.717, 1.165) is 6.92 Å². The van der Waals surface area contributed by atoms with Crippen molar-refractivity contribution in [2.45, 2.75) is 50.1 Å². The van der Waals surface area contributed by atoms with Gasteiger partial charge in [0.1, 0.15) is 5.54 Å². The SMILES string of the molecule is CC(F)(F)CC[C@H]([NH-])C(=O)NC1(C#N)CC1. The molecule has 0 bridgehead atoms. The van der Waals surface area contributed by atoms with Gasteiger partial charge < -0.3 is 11.1 Å². The highest BCUT2D eigenvalue weighted by atomic mass is 19.3. The van der Waals surface area contributed by atoms with Crippen LogP contribution in [0.25, 0.3) is 5.73 Å². The third-order valence-electron chi connectivity index (χ3n) is 2.51. The Balaban J connectivity index is 2.35. The van der Waals surface area contributed by atoms with Crippen molar-refractivity contribution in [1.82, 2.24) is 5.32 Å². The third kappa shape index (κ3) is 3.74. The lowest BCUT2D eigenvalue weighted by Gasteiger charge is -2.22. The molecule has 1 aliphatic carbocycles. The number of nitrogens with zero attached hydrogens (tertiary/aromatic N) is 1. The number of amides is 1. The first kappa shape index (κ1) is 12.8. The predicted molar refractivity (Wildman–Crippen MR) is 53.7 cm³/mol. The molecule has 0 unspecified atom stereocenters. The molecule has 0 aromatic heterocycles. The van der Waals surface area contributed by atoms with E-state index in [0.29, 0.717) is 12.8 Å². The molecule has 0 aliphatic heterocycles. The molecule has 2 N–H and O–H groups in total. The first-order valence-corrected chi connectivity index (χ1v) is 5.10. The van der Waals surface area contributed by atoms with Crippen LogP contribution in [0, 0.1) is 11.3 Å². The maximum Gasteiger partial charge on any atom is 0.245 e. The number of carbonyl (C=O) groups excluding carboxylic acids is 1. The van der Waals surface area contributed by atoms with E-state index in [1.807, 2.05) is 6.07 Å². The second-order valence-electron chi connectivity index (χ2n) is 4.34. The topological polar surface area (TPSA) is 76.7 Å². The van der Waals surface area contributed by atoms with Gasteiger partial charge in [0.2, 0.25) is 11.8 Å². The summed E-state index contributed by atoms with van der Waals surface area (Å²) >= 11 is 0. The van der Waals surface area contributed by atoms with E-state index in [2.05, 4.69) is 5.32 Å². The predicted octanol–water partition coefficient (Wildman–Crippen LogP) is 2.01. The average molecular weight is 230 g/mol. The fraction of sp³-hybridized carbons (Fsp3) is 0.800. The molecule has 1 amide bonds. The fourth-order valence-corrected chi connectivity index (χ4v) is 1.24. The van der Waals surface area contributed by atoms with Crippen molar-refractivity contribution in [3.63, 3.8) is 0 Å². The van der Waals surface area contributed by atoms with Crippen molar-refractivity contribution in [2.24, 2.45) is 0 Å². The Labute approximate surface area is 92.8 Å². The zero-order chi connectivity index (χ0) is 12.4. The maximum atomic E-state index is 12.5. The quantitative estimate of drug-likeness (QED) is 0.784. The van der Waals surface area contributed by atoms with Crippen LogP contribution in [-0.4, -0.2) is 23.4 Å². The van der Waals surface area contributed by atoms with Gasteiger partial charge in [-0.05, 0) is 19.8 Å². The maximum absolute atomic E-state index is 12.5. The molecular formula is C10H14F2N3O-. The molecule has 0 aromatic rings. The molecule has 1 aliphatic rings. The van der Waals surface area contributed by atoms with Crippen LogP contribution in [0.2, 0.25) is 0 Å². The number of nitriles is 1. The first-order chi connectivity index (χ1) is 7.28. The van der Waals surface area contributed by atoms with Crippen molar-refractivity contribution in [1.29, 1.82) is 5.26 Å². The second kappa shape index (κ2) is 4.34. The van der Waals surface area contributed by atoms with Crippen molar-refractivity contribution in [3.05, 3.63) is 5.73 Å². The van der Waals surface area contributed by atoms with Gasteiger partial charge in [-0.25, -0.2) is 8.78 Å². The minimum atomic E-state index is -2.86. The van der Waals surface area contributed by atoms with Crippen molar-refractivity contribution >= 4 is 5.91 Å². The summed E-state index contributed by atoms with van der Waals surface area (Å²) in [5.74, 6) is -3.49. The molecule has 0 radical (unpaired) electrons. The van der Waals surface area contributed by atoms with E-state index in [9.17, 15) is 13.6 Å². The van der Waals surface area contributed by atoms with Crippen LogP contribution >= 0.6 is 0 Å². The van der Waals surface area contributed by atoms with E-state index in [1.165, 1.54) is 0 Å². The third-order valence-corrected chi connectivity index (χ3v) is 2.51. The van der Waals surface area contributed by atoms with Gasteiger partial charge in [0, 0.05) is 6.42 Å². The highest BCUT2D eigenvalue weighted by molar-refractivity contribution is 5.84. The number of nitrogens with one attached hydrogen (secondary N) is 2. The highest BCUT2D eigenvalue weighted by Gasteiger charge is 2.44. The minimum Gasteiger partial charge on any atom is -0.667 e. The number of rotatable bonds is 5. The molecule has 0 aromatic carbocycles. The highest BCUT2D eigenvalue weighted by Crippen LogP contribution is 2.34. The molecule has 0 heterocycles. The number of hydrogen-bond donors (Lipinski definition) is 1. The monoisotopic (exact) mass is 230 g/mol. The molecular weight excluding hydrogens is 216 g/mol. The molecule has 90 valence electrons. The van der Waals surface area contributed by atoms with Gasteiger partial charge in [0.15, 0.2) is 0 Å². The number of alkyl halides is 2. The van der Waals surface area contributed by atoms with Crippen LogP contribution < -0.4 is 5.32 Å². The molecule has 0 spiro atoms. The van der Waals surface area contributed by atoms with Gasteiger partial charge in [-0.15, -0.1) is 0 Å².